The zero-order valence-corrected chi connectivity index (χ0v) is 12.6. The molecule has 0 amide bonds. The van der Waals surface area contributed by atoms with Gasteiger partial charge in [-0.05, 0) is 20.4 Å². The van der Waals surface area contributed by atoms with E-state index in [4.69, 9.17) is 4.42 Å². The van der Waals surface area contributed by atoms with Crippen molar-refractivity contribution in [3.8, 4) is 0 Å². The van der Waals surface area contributed by atoms with Crippen molar-refractivity contribution in [2.75, 3.05) is 6.54 Å². The van der Waals surface area contributed by atoms with Crippen molar-refractivity contribution in [1.29, 1.82) is 0 Å². The molecule has 1 rings (SSSR count). The molecule has 0 radical (unpaired) electrons. The Morgan fingerprint density at radius 2 is 1.95 bits per heavy atom. The number of nitrogens with zero attached hydrogens (tertiary/aromatic N) is 2. The maximum absolute atomic E-state index is 11.3. The number of carboxylic acid groups (broad SMARTS) is 1. The minimum Gasteiger partial charge on any atom is -0.480 e. The normalized spacial score (nSPS) is 13.0. The number of hydrogen-bond donors (Lipinski definition) is 1. The third kappa shape index (κ3) is 3.56. The molecule has 1 aromatic heterocycles. The van der Waals surface area contributed by atoms with Gasteiger partial charge in [-0.3, -0.25) is 9.69 Å². The first-order valence-electron chi connectivity index (χ1n) is 6.52. The molecule has 0 saturated heterocycles. The second-order valence-electron chi connectivity index (χ2n) is 6.25. The number of rotatable bonds is 5. The molecule has 0 aliphatic rings. The van der Waals surface area contributed by atoms with Crippen molar-refractivity contribution >= 4 is 5.97 Å². The molecule has 19 heavy (non-hydrogen) atoms. The van der Waals surface area contributed by atoms with Crippen LogP contribution in [0.1, 0.15) is 53.2 Å². The van der Waals surface area contributed by atoms with Crippen LogP contribution in [0.5, 0.6) is 0 Å². The Balaban J connectivity index is 2.88. The Morgan fingerprint density at radius 1 is 1.37 bits per heavy atom. The molecule has 0 atom stereocenters. The Bertz CT molecular complexity index is 444. The summed E-state index contributed by atoms with van der Waals surface area (Å²) in [4.78, 5) is 17.4. The average molecular weight is 268 g/mol. The molecule has 0 spiro atoms. The third-order valence-electron chi connectivity index (χ3n) is 3.31. The zero-order chi connectivity index (χ0) is 14.8. The molecule has 0 aromatic carbocycles. The topological polar surface area (TPSA) is 66.6 Å². The molecule has 5 heteroatoms. The van der Waals surface area contributed by atoms with Crippen molar-refractivity contribution in [3.05, 3.63) is 17.8 Å². The third-order valence-corrected chi connectivity index (χ3v) is 3.31. The van der Waals surface area contributed by atoms with Crippen molar-refractivity contribution in [2.24, 2.45) is 0 Å². The van der Waals surface area contributed by atoms with Crippen LogP contribution in [0.2, 0.25) is 0 Å². The highest BCUT2D eigenvalue weighted by atomic mass is 16.4. The number of carboxylic acids is 1. The summed E-state index contributed by atoms with van der Waals surface area (Å²) >= 11 is 0. The van der Waals surface area contributed by atoms with Gasteiger partial charge in [0.2, 0.25) is 5.89 Å². The van der Waals surface area contributed by atoms with Gasteiger partial charge in [0.15, 0.2) is 0 Å². The summed E-state index contributed by atoms with van der Waals surface area (Å²) in [6.45, 7) is 12.5. The molecule has 1 aromatic rings. The molecule has 0 saturated carbocycles. The first kappa shape index (κ1) is 15.7. The van der Waals surface area contributed by atoms with E-state index >= 15 is 0 Å². The van der Waals surface area contributed by atoms with E-state index in [1.165, 1.54) is 0 Å². The zero-order valence-electron chi connectivity index (χ0n) is 12.6. The van der Waals surface area contributed by atoms with Crippen LogP contribution >= 0.6 is 0 Å². The number of aromatic nitrogens is 1. The highest BCUT2D eigenvalue weighted by molar-refractivity contribution is 5.77. The van der Waals surface area contributed by atoms with E-state index in [0.717, 1.165) is 5.76 Å². The molecular weight excluding hydrogens is 244 g/mol. The number of oxazole rings is 1. The predicted octanol–water partition coefficient (Wildman–Crippen LogP) is 2.66. The lowest BCUT2D eigenvalue weighted by Crippen LogP contribution is -2.49. The van der Waals surface area contributed by atoms with Gasteiger partial charge in [-0.2, -0.15) is 0 Å². The Labute approximate surface area is 114 Å². The minimum atomic E-state index is -0.939. The summed E-state index contributed by atoms with van der Waals surface area (Å²) in [7, 11) is 0. The van der Waals surface area contributed by atoms with Gasteiger partial charge in [-0.25, -0.2) is 4.98 Å². The van der Waals surface area contributed by atoms with Crippen molar-refractivity contribution < 1.29 is 14.3 Å². The van der Waals surface area contributed by atoms with E-state index in [1.807, 2.05) is 11.8 Å². The summed E-state index contributed by atoms with van der Waals surface area (Å²) in [6.07, 6.45) is 1.72. The van der Waals surface area contributed by atoms with E-state index in [9.17, 15) is 9.90 Å². The summed E-state index contributed by atoms with van der Waals surface area (Å²) in [5.41, 5.74) is -1.03. The quantitative estimate of drug-likeness (QED) is 0.889. The van der Waals surface area contributed by atoms with Crippen molar-refractivity contribution in [3.63, 3.8) is 0 Å². The number of carbonyl (C=O) groups is 1. The van der Waals surface area contributed by atoms with Crippen molar-refractivity contribution in [1.82, 2.24) is 9.88 Å². The highest BCUT2D eigenvalue weighted by Gasteiger charge is 2.34. The lowest BCUT2D eigenvalue weighted by Gasteiger charge is -2.32. The summed E-state index contributed by atoms with van der Waals surface area (Å²) in [6, 6.07) is 0. The summed E-state index contributed by atoms with van der Waals surface area (Å²) < 4.78 is 5.71. The van der Waals surface area contributed by atoms with Crippen LogP contribution in [0, 0.1) is 0 Å². The molecule has 0 bridgehead atoms. The molecule has 0 unspecified atom stereocenters. The van der Waals surface area contributed by atoms with E-state index in [0.29, 0.717) is 19.0 Å². The Morgan fingerprint density at radius 3 is 2.32 bits per heavy atom. The molecule has 1 heterocycles. The highest BCUT2D eigenvalue weighted by Crippen LogP contribution is 2.24. The van der Waals surface area contributed by atoms with Gasteiger partial charge in [0.25, 0.3) is 0 Å². The fourth-order valence-corrected chi connectivity index (χ4v) is 1.73. The van der Waals surface area contributed by atoms with Gasteiger partial charge in [-0.15, -0.1) is 0 Å². The van der Waals surface area contributed by atoms with Gasteiger partial charge in [-0.1, -0.05) is 27.7 Å². The SMILES string of the molecule is CCN(Cc1ncc(C(C)(C)C)o1)C(C)(C)C(=O)O. The first-order chi connectivity index (χ1) is 8.59. The largest absolute Gasteiger partial charge is 0.480 e. The molecule has 0 aliphatic carbocycles. The van der Waals surface area contributed by atoms with Crippen LogP contribution in [0.25, 0.3) is 0 Å². The van der Waals surface area contributed by atoms with Crippen LogP contribution in [-0.2, 0) is 16.8 Å². The molecule has 1 N–H and O–H groups in total. The lowest BCUT2D eigenvalue weighted by atomic mass is 9.94. The Kier molecular flexibility index (Phi) is 4.40. The summed E-state index contributed by atoms with van der Waals surface area (Å²) in [5, 5.41) is 9.26. The molecule has 0 fully saturated rings. The van der Waals surface area contributed by atoms with Gasteiger partial charge in [0.05, 0.1) is 12.7 Å². The standard InChI is InChI=1S/C14H24N2O3/c1-7-16(14(5,6)12(17)18)9-11-15-8-10(19-11)13(2,3)4/h8H,7,9H2,1-6H3,(H,17,18). The maximum Gasteiger partial charge on any atom is 0.323 e. The number of hydrogen-bond acceptors (Lipinski definition) is 4. The minimum absolute atomic E-state index is 0.0926. The molecule has 5 nitrogen and oxygen atoms in total. The molecule has 108 valence electrons. The second-order valence-corrected chi connectivity index (χ2v) is 6.25. The van der Waals surface area contributed by atoms with Crippen molar-refractivity contribution in [2.45, 2.75) is 59.0 Å². The molecule has 0 aliphatic heterocycles. The Hall–Kier alpha value is -1.36. The lowest BCUT2D eigenvalue weighted by molar-refractivity contribution is -0.149. The first-order valence-corrected chi connectivity index (χ1v) is 6.52. The van der Waals surface area contributed by atoms with E-state index < -0.39 is 11.5 Å². The molecular formula is C14H24N2O3. The average Bonchev–Trinajstić information content (AvgIpc) is 2.73. The van der Waals surface area contributed by atoms with E-state index in [2.05, 4.69) is 25.8 Å². The van der Waals surface area contributed by atoms with Crippen LogP contribution in [0.4, 0.5) is 0 Å². The fourth-order valence-electron chi connectivity index (χ4n) is 1.73. The van der Waals surface area contributed by atoms with Crippen LogP contribution in [0.3, 0.4) is 0 Å². The van der Waals surface area contributed by atoms with E-state index in [1.54, 1.807) is 20.0 Å². The van der Waals surface area contributed by atoms with Crippen LogP contribution < -0.4 is 0 Å². The maximum atomic E-state index is 11.3. The monoisotopic (exact) mass is 268 g/mol. The number of aliphatic carboxylic acids is 1. The summed E-state index contributed by atoms with van der Waals surface area (Å²) in [5.74, 6) is 0.518. The predicted molar refractivity (Wildman–Crippen MR) is 73.0 cm³/mol. The van der Waals surface area contributed by atoms with Crippen LogP contribution in [-0.4, -0.2) is 33.0 Å². The van der Waals surface area contributed by atoms with Gasteiger partial charge < -0.3 is 9.52 Å². The van der Waals surface area contributed by atoms with Gasteiger partial charge >= 0.3 is 5.97 Å². The smallest absolute Gasteiger partial charge is 0.323 e. The second kappa shape index (κ2) is 5.33. The fraction of sp³-hybridized carbons (Fsp3) is 0.714. The van der Waals surface area contributed by atoms with Gasteiger partial charge in [0.1, 0.15) is 11.3 Å². The number of likely N-dealkylation sites (N-methyl/N-ethyl adjacent to an activating group) is 1. The van der Waals surface area contributed by atoms with E-state index in [-0.39, 0.29) is 5.41 Å². The van der Waals surface area contributed by atoms with Crippen LogP contribution in [0.15, 0.2) is 10.6 Å². The van der Waals surface area contributed by atoms with Gasteiger partial charge in [0, 0.05) is 5.41 Å².